The third-order valence-electron chi connectivity index (χ3n) is 6.88. The van der Waals surface area contributed by atoms with Gasteiger partial charge in [0.15, 0.2) is 11.5 Å². The lowest BCUT2D eigenvalue weighted by molar-refractivity contribution is -0.127. The molecule has 0 radical (unpaired) electrons. The molecule has 0 bridgehead atoms. The Bertz CT molecular complexity index is 1540. The molecule has 0 saturated carbocycles. The Kier molecular flexibility index (Phi) is 7.45. The van der Waals surface area contributed by atoms with Crippen LogP contribution in [0.25, 0.3) is 5.95 Å². The molecule has 1 unspecified atom stereocenters. The lowest BCUT2D eigenvalue weighted by Gasteiger charge is -2.40. The maximum Gasteiger partial charge on any atom is 0.416 e. The van der Waals surface area contributed by atoms with Crippen LogP contribution in [-0.4, -0.2) is 82.0 Å². The van der Waals surface area contributed by atoms with Crippen molar-refractivity contribution >= 4 is 17.8 Å². The van der Waals surface area contributed by atoms with Crippen molar-refractivity contribution in [3.63, 3.8) is 0 Å². The van der Waals surface area contributed by atoms with Crippen molar-refractivity contribution in [2.24, 2.45) is 0 Å². The minimum atomic E-state index is -0.889. The Balaban J connectivity index is 1.20. The van der Waals surface area contributed by atoms with E-state index in [1.165, 1.54) is 4.90 Å². The van der Waals surface area contributed by atoms with Gasteiger partial charge >= 0.3 is 6.09 Å². The molecule has 2 amide bonds. The van der Waals surface area contributed by atoms with Crippen molar-refractivity contribution in [1.29, 1.82) is 0 Å². The number of piperazine rings is 1. The number of hydrogen-bond donors (Lipinski definition) is 1. The van der Waals surface area contributed by atoms with E-state index in [0.717, 1.165) is 5.69 Å². The molecule has 2 aliphatic heterocycles. The normalized spacial score (nSPS) is 16.3. The molecule has 6 rings (SSSR count). The number of nitrogens with one attached hydrogen (secondary N) is 1. The van der Waals surface area contributed by atoms with Crippen molar-refractivity contribution < 1.29 is 28.5 Å². The van der Waals surface area contributed by atoms with Gasteiger partial charge in [0.1, 0.15) is 29.7 Å². The van der Waals surface area contributed by atoms with Crippen LogP contribution in [0.2, 0.25) is 0 Å². The number of amides is 2. The third kappa shape index (κ3) is 5.75. The fraction of sp³-hybridized carbons (Fsp3) is 0.276. The molecule has 4 heterocycles. The molecule has 0 spiro atoms. The van der Waals surface area contributed by atoms with E-state index in [4.69, 9.17) is 23.9 Å². The molecule has 1 saturated heterocycles. The molecule has 13 heteroatoms. The Labute approximate surface area is 241 Å². The fourth-order valence-electron chi connectivity index (χ4n) is 4.77. The number of ether oxygens (including phenoxy) is 4. The minimum absolute atomic E-state index is 0.0861. The number of para-hydroxylation sites is 2. The summed E-state index contributed by atoms with van der Waals surface area (Å²) in [6.07, 6.45) is 3.70. The van der Waals surface area contributed by atoms with Crippen LogP contribution in [0.5, 0.6) is 23.0 Å². The highest BCUT2D eigenvalue weighted by molar-refractivity contribution is 5.87. The van der Waals surface area contributed by atoms with Crippen LogP contribution in [-0.2, 0) is 4.79 Å². The highest BCUT2D eigenvalue weighted by Crippen LogP contribution is 2.33. The van der Waals surface area contributed by atoms with Gasteiger partial charge in [-0.25, -0.2) is 14.8 Å². The molecule has 1 fully saturated rings. The Morgan fingerprint density at radius 3 is 2.45 bits per heavy atom. The number of carbonyl (C=O) groups excluding carboxylic acids is 2. The SMILES string of the molecule is COc1ccc(OC(=O)N2CCN(c3cc(C)nc(-n4ccnc4)n3)CC2C(=O)NCC2Oc3ccccc3O2)cc1. The topological polar surface area (TPSA) is 133 Å². The molecule has 13 nitrogen and oxygen atoms in total. The zero-order valence-corrected chi connectivity index (χ0v) is 23.0. The maximum atomic E-state index is 13.6. The first-order valence-corrected chi connectivity index (χ1v) is 13.4. The quantitative estimate of drug-likeness (QED) is 0.353. The van der Waals surface area contributed by atoms with Crippen LogP contribution in [0.1, 0.15) is 5.69 Å². The molecule has 4 aromatic rings. The number of carbonyl (C=O) groups is 2. The highest BCUT2D eigenvalue weighted by Gasteiger charge is 2.38. The number of anilines is 1. The average molecular weight is 572 g/mol. The molecule has 1 atom stereocenters. The summed E-state index contributed by atoms with van der Waals surface area (Å²) < 4.78 is 24.1. The number of rotatable bonds is 7. The summed E-state index contributed by atoms with van der Waals surface area (Å²) >= 11 is 0. The van der Waals surface area contributed by atoms with Crippen LogP contribution in [0.3, 0.4) is 0 Å². The molecular weight excluding hydrogens is 542 g/mol. The molecule has 2 aromatic heterocycles. The van der Waals surface area contributed by atoms with Gasteiger partial charge in [0.05, 0.1) is 13.7 Å². The Morgan fingerprint density at radius 1 is 1.02 bits per heavy atom. The van der Waals surface area contributed by atoms with Crippen molar-refractivity contribution in [3.05, 3.63) is 79.0 Å². The number of aryl methyl sites for hydroxylation is 1. The standard InChI is InChI=1S/C29H29N7O6/c1-19-15-25(33-28(32-19)35-12-11-30-18-35)34-13-14-36(29(38)40-21-9-7-20(39-2)8-10-21)22(17-34)27(37)31-16-26-41-23-5-3-4-6-24(23)42-26/h3-12,15,18,22,26H,13-14,16-17H2,1-2H3,(H,31,37). The number of benzene rings is 2. The van der Waals surface area contributed by atoms with Crippen LogP contribution in [0, 0.1) is 6.92 Å². The van der Waals surface area contributed by atoms with Crippen LogP contribution in [0.15, 0.2) is 73.3 Å². The lowest BCUT2D eigenvalue weighted by Crippen LogP contribution is -2.62. The monoisotopic (exact) mass is 571 g/mol. The second-order valence-electron chi connectivity index (χ2n) is 9.69. The predicted octanol–water partition coefficient (Wildman–Crippen LogP) is 2.58. The van der Waals surface area contributed by atoms with Gasteiger partial charge in [-0.1, -0.05) is 12.1 Å². The number of fused-ring (bicyclic) bond motifs is 1. The smallest absolute Gasteiger partial charge is 0.416 e. The molecule has 216 valence electrons. The van der Waals surface area contributed by atoms with Gasteiger partial charge in [-0.05, 0) is 43.3 Å². The highest BCUT2D eigenvalue weighted by atomic mass is 16.7. The maximum absolute atomic E-state index is 13.6. The molecular formula is C29H29N7O6. The zero-order valence-electron chi connectivity index (χ0n) is 23.0. The van der Waals surface area contributed by atoms with Gasteiger partial charge in [0.25, 0.3) is 6.29 Å². The molecule has 0 aliphatic carbocycles. The van der Waals surface area contributed by atoms with Crippen molar-refractivity contribution in [2.45, 2.75) is 19.3 Å². The van der Waals surface area contributed by atoms with Crippen LogP contribution >= 0.6 is 0 Å². The van der Waals surface area contributed by atoms with E-state index < -0.39 is 18.4 Å². The Hall–Kier alpha value is -5.33. The van der Waals surface area contributed by atoms with Gasteiger partial charge in [-0.3, -0.25) is 14.3 Å². The average Bonchev–Trinajstić information content (AvgIpc) is 3.70. The number of nitrogens with zero attached hydrogens (tertiary/aromatic N) is 6. The van der Waals surface area contributed by atoms with Gasteiger partial charge in [-0.15, -0.1) is 0 Å². The number of imidazole rings is 1. The summed E-state index contributed by atoms with van der Waals surface area (Å²) in [5.74, 6) is 2.90. The largest absolute Gasteiger partial charge is 0.497 e. The predicted molar refractivity (Wildman–Crippen MR) is 150 cm³/mol. The van der Waals surface area contributed by atoms with Crippen LogP contribution < -0.4 is 29.2 Å². The van der Waals surface area contributed by atoms with Gasteiger partial charge in [-0.2, -0.15) is 4.98 Å². The second kappa shape index (κ2) is 11.6. The molecule has 42 heavy (non-hydrogen) atoms. The minimum Gasteiger partial charge on any atom is -0.497 e. The second-order valence-corrected chi connectivity index (χ2v) is 9.69. The van der Waals surface area contributed by atoms with Crippen molar-refractivity contribution in [1.82, 2.24) is 29.7 Å². The zero-order chi connectivity index (χ0) is 29.1. The van der Waals surface area contributed by atoms with E-state index in [2.05, 4.69) is 15.3 Å². The van der Waals surface area contributed by atoms with E-state index in [9.17, 15) is 9.59 Å². The first kappa shape index (κ1) is 26.9. The number of methoxy groups -OCH3 is 1. The van der Waals surface area contributed by atoms with Crippen LogP contribution in [0.4, 0.5) is 10.6 Å². The first-order valence-electron chi connectivity index (χ1n) is 13.4. The fourth-order valence-corrected chi connectivity index (χ4v) is 4.77. The summed E-state index contributed by atoms with van der Waals surface area (Å²) in [5, 5.41) is 2.88. The van der Waals surface area contributed by atoms with E-state index in [0.29, 0.717) is 41.3 Å². The first-order chi connectivity index (χ1) is 20.5. The summed E-state index contributed by atoms with van der Waals surface area (Å²) in [6, 6.07) is 14.9. The third-order valence-corrected chi connectivity index (χ3v) is 6.88. The van der Waals surface area contributed by atoms with E-state index in [1.807, 2.05) is 30.0 Å². The summed E-state index contributed by atoms with van der Waals surface area (Å²) in [6.45, 7) is 2.78. The molecule has 2 aromatic carbocycles. The Morgan fingerprint density at radius 2 is 1.76 bits per heavy atom. The van der Waals surface area contributed by atoms with Gasteiger partial charge < -0.3 is 29.2 Å². The number of hydrogen-bond acceptors (Lipinski definition) is 10. The molecule has 1 N–H and O–H groups in total. The molecule has 2 aliphatic rings. The lowest BCUT2D eigenvalue weighted by atomic mass is 10.1. The van der Waals surface area contributed by atoms with E-state index in [1.54, 1.807) is 66.8 Å². The van der Waals surface area contributed by atoms with Gasteiger partial charge in [0.2, 0.25) is 11.9 Å². The van der Waals surface area contributed by atoms with Gasteiger partial charge in [0, 0.05) is 43.8 Å². The van der Waals surface area contributed by atoms with E-state index in [-0.39, 0.29) is 25.5 Å². The summed E-state index contributed by atoms with van der Waals surface area (Å²) in [4.78, 5) is 43.6. The van der Waals surface area contributed by atoms with E-state index >= 15 is 0 Å². The summed E-state index contributed by atoms with van der Waals surface area (Å²) in [7, 11) is 1.56. The summed E-state index contributed by atoms with van der Waals surface area (Å²) in [5.41, 5.74) is 0.751. The van der Waals surface area contributed by atoms with Crippen molar-refractivity contribution in [3.8, 4) is 28.9 Å². The number of aromatic nitrogens is 4. The van der Waals surface area contributed by atoms with Crippen molar-refractivity contribution in [2.75, 3.05) is 38.2 Å².